The lowest BCUT2D eigenvalue weighted by atomic mass is 10.2. The second-order valence-electron chi connectivity index (χ2n) is 6.27. The second kappa shape index (κ2) is 7.78. The van der Waals surface area contributed by atoms with Crippen molar-refractivity contribution in [3.8, 4) is 11.4 Å². The van der Waals surface area contributed by atoms with E-state index in [9.17, 15) is 27.9 Å². The number of benzene rings is 2. The summed E-state index contributed by atoms with van der Waals surface area (Å²) in [5, 5.41) is 16.2. The SMILES string of the molecule is Cc1cc(=O)c(C(=O)NCc2ccccc2O)nn1-c1cccc(C(F)(F)F)c1. The van der Waals surface area contributed by atoms with Gasteiger partial charge in [-0.3, -0.25) is 9.59 Å². The van der Waals surface area contributed by atoms with Crippen LogP contribution >= 0.6 is 0 Å². The van der Waals surface area contributed by atoms with Crippen LogP contribution in [-0.2, 0) is 12.7 Å². The number of aryl methyl sites for hydroxylation is 1. The van der Waals surface area contributed by atoms with Gasteiger partial charge in [0.25, 0.3) is 5.91 Å². The molecule has 0 spiro atoms. The van der Waals surface area contributed by atoms with Crippen molar-refractivity contribution in [3.63, 3.8) is 0 Å². The summed E-state index contributed by atoms with van der Waals surface area (Å²) in [4.78, 5) is 24.6. The lowest BCUT2D eigenvalue weighted by Gasteiger charge is -2.13. The summed E-state index contributed by atoms with van der Waals surface area (Å²) in [7, 11) is 0. The van der Waals surface area contributed by atoms with Crippen LogP contribution in [0.5, 0.6) is 5.75 Å². The molecule has 0 radical (unpaired) electrons. The highest BCUT2D eigenvalue weighted by Crippen LogP contribution is 2.30. The first-order valence-corrected chi connectivity index (χ1v) is 8.50. The minimum atomic E-state index is -4.54. The van der Waals surface area contributed by atoms with Crippen LogP contribution in [0.2, 0.25) is 0 Å². The third kappa shape index (κ3) is 4.45. The highest BCUT2D eigenvalue weighted by atomic mass is 19.4. The number of halogens is 3. The van der Waals surface area contributed by atoms with E-state index in [0.29, 0.717) is 5.56 Å². The molecular formula is C20H16F3N3O3. The molecular weight excluding hydrogens is 387 g/mol. The molecule has 1 amide bonds. The maximum atomic E-state index is 13.0. The summed E-state index contributed by atoms with van der Waals surface area (Å²) < 4.78 is 40.1. The highest BCUT2D eigenvalue weighted by Gasteiger charge is 2.30. The van der Waals surface area contributed by atoms with Gasteiger partial charge in [0, 0.05) is 23.9 Å². The van der Waals surface area contributed by atoms with E-state index >= 15 is 0 Å². The Morgan fingerprint density at radius 3 is 2.55 bits per heavy atom. The lowest BCUT2D eigenvalue weighted by molar-refractivity contribution is -0.137. The van der Waals surface area contributed by atoms with Gasteiger partial charge in [-0.1, -0.05) is 24.3 Å². The number of hydrogen-bond donors (Lipinski definition) is 2. The average Bonchev–Trinajstić information content (AvgIpc) is 2.66. The smallest absolute Gasteiger partial charge is 0.416 e. The fraction of sp³-hybridized carbons (Fsp3) is 0.150. The average molecular weight is 403 g/mol. The summed E-state index contributed by atoms with van der Waals surface area (Å²) in [6.07, 6.45) is -4.54. The van der Waals surface area contributed by atoms with Crippen LogP contribution in [0.4, 0.5) is 13.2 Å². The first kappa shape index (κ1) is 20.1. The molecule has 9 heteroatoms. The van der Waals surface area contributed by atoms with Gasteiger partial charge >= 0.3 is 6.18 Å². The molecule has 0 aliphatic rings. The van der Waals surface area contributed by atoms with Crippen molar-refractivity contribution in [2.75, 3.05) is 0 Å². The summed E-state index contributed by atoms with van der Waals surface area (Å²) in [5.74, 6) is -0.829. The van der Waals surface area contributed by atoms with Gasteiger partial charge in [0.2, 0.25) is 5.43 Å². The van der Waals surface area contributed by atoms with E-state index in [-0.39, 0.29) is 23.7 Å². The van der Waals surface area contributed by atoms with Gasteiger partial charge < -0.3 is 10.4 Å². The Hall–Kier alpha value is -3.62. The third-order valence-corrected chi connectivity index (χ3v) is 4.17. The second-order valence-corrected chi connectivity index (χ2v) is 6.27. The Morgan fingerprint density at radius 2 is 1.86 bits per heavy atom. The number of phenols is 1. The third-order valence-electron chi connectivity index (χ3n) is 4.17. The number of amides is 1. The number of rotatable bonds is 4. The van der Waals surface area contributed by atoms with Crippen LogP contribution in [0.1, 0.15) is 27.3 Å². The number of nitrogens with zero attached hydrogens (tertiary/aromatic N) is 2. The van der Waals surface area contributed by atoms with Gasteiger partial charge in [-0.25, -0.2) is 4.68 Å². The Morgan fingerprint density at radius 1 is 1.14 bits per heavy atom. The van der Waals surface area contributed by atoms with Crippen molar-refractivity contribution in [1.29, 1.82) is 0 Å². The topological polar surface area (TPSA) is 84.2 Å². The highest BCUT2D eigenvalue weighted by molar-refractivity contribution is 5.92. The van der Waals surface area contributed by atoms with Crippen LogP contribution < -0.4 is 10.7 Å². The monoisotopic (exact) mass is 403 g/mol. The Labute approximate surface area is 163 Å². The largest absolute Gasteiger partial charge is 0.508 e. The summed E-state index contributed by atoms with van der Waals surface area (Å²) >= 11 is 0. The Balaban J connectivity index is 1.93. The molecule has 0 fully saturated rings. The van der Waals surface area contributed by atoms with Crippen molar-refractivity contribution < 1.29 is 23.1 Å². The molecule has 0 aliphatic carbocycles. The van der Waals surface area contributed by atoms with E-state index in [1.807, 2.05) is 0 Å². The van der Waals surface area contributed by atoms with E-state index < -0.39 is 28.8 Å². The van der Waals surface area contributed by atoms with Gasteiger partial charge in [0.05, 0.1) is 11.3 Å². The maximum Gasteiger partial charge on any atom is 0.416 e. The lowest BCUT2D eigenvalue weighted by Crippen LogP contribution is -2.31. The van der Waals surface area contributed by atoms with Crippen LogP contribution in [0.25, 0.3) is 5.69 Å². The van der Waals surface area contributed by atoms with E-state index in [1.54, 1.807) is 18.2 Å². The molecule has 29 heavy (non-hydrogen) atoms. The van der Waals surface area contributed by atoms with Gasteiger partial charge in [0.15, 0.2) is 5.69 Å². The maximum absolute atomic E-state index is 13.0. The Kier molecular flexibility index (Phi) is 5.40. The van der Waals surface area contributed by atoms with Gasteiger partial charge in [0.1, 0.15) is 5.75 Å². The number of aromatic nitrogens is 2. The number of carbonyl (C=O) groups excluding carboxylic acids is 1. The molecule has 0 saturated heterocycles. The first-order valence-electron chi connectivity index (χ1n) is 8.50. The molecule has 1 heterocycles. The Bertz CT molecular complexity index is 1120. The fourth-order valence-electron chi connectivity index (χ4n) is 2.70. The first-order chi connectivity index (χ1) is 13.7. The molecule has 0 bridgehead atoms. The minimum Gasteiger partial charge on any atom is -0.508 e. The van der Waals surface area contributed by atoms with E-state index in [2.05, 4.69) is 10.4 Å². The van der Waals surface area contributed by atoms with Crippen LogP contribution in [0.15, 0.2) is 59.4 Å². The van der Waals surface area contributed by atoms with Gasteiger partial charge in [-0.05, 0) is 31.2 Å². The molecule has 150 valence electrons. The summed E-state index contributed by atoms with van der Waals surface area (Å²) in [5.41, 5.74) is -1.24. The summed E-state index contributed by atoms with van der Waals surface area (Å²) in [6.45, 7) is 1.45. The summed E-state index contributed by atoms with van der Waals surface area (Å²) in [6, 6.07) is 11.9. The molecule has 2 N–H and O–H groups in total. The van der Waals surface area contributed by atoms with Crippen molar-refractivity contribution >= 4 is 5.91 Å². The van der Waals surface area contributed by atoms with E-state index in [4.69, 9.17) is 0 Å². The number of nitrogens with one attached hydrogen (secondary N) is 1. The number of aromatic hydroxyl groups is 1. The van der Waals surface area contributed by atoms with Crippen molar-refractivity contribution in [1.82, 2.24) is 15.1 Å². The number of alkyl halides is 3. The molecule has 2 aromatic carbocycles. The van der Waals surface area contributed by atoms with Gasteiger partial charge in [-0.2, -0.15) is 18.3 Å². The molecule has 6 nitrogen and oxygen atoms in total. The standard InChI is InChI=1S/C20H16F3N3O3/c1-12-9-17(28)18(19(29)24-11-13-5-2-3-8-16(13)27)25-26(12)15-7-4-6-14(10-15)20(21,22)23/h2-10,27H,11H2,1H3,(H,24,29). The molecule has 1 aromatic heterocycles. The number of phenolic OH excluding ortho intramolecular Hbond substituents is 1. The van der Waals surface area contributed by atoms with E-state index in [1.165, 1.54) is 25.1 Å². The van der Waals surface area contributed by atoms with Crippen molar-refractivity contribution in [2.24, 2.45) is 0 Å². The molecule has 0 atom stereocenters. The molecule has 0 saturated carbocycles. The predicted molar refractivity (Wildman–Crippen MR) is 98.9 cm³/mol. The fourth-order valence-corrected chi connectivity index (χ4v) is 2.70. The van der Waals surface area contributed by atoms with E-state index in [0.717, 1.165) is 22.9 Å². The number of carbonyl (C=O) groups is 1. The quantitative estimate of drug-likeness (QED) is 0.701. The molecule has 0 unspecified atom stereocenters. The van der Waals surface area contributed by atoms with Crippen LogP contribution in [0.3, 0.4) is 0 Å². The minimum absolute atomic E-state index is 0.0222. The zero-order valence-corrected chi connectivity index (χ0v) is 15.2. The van der Waals surface area contributed by atoms with Crippen LogP contribution in [-0.4, -0.2) is 20.8 Å². The zero-order chi connectivity index (χ0) is 21.2. The predicted octanol–water partition coefficient (Wildman–Crippen LogP) is 3.20. The van der Waals surface area contributed by atoms with Gasteiger partial charge in [-0.15, -0.1) is 0 Å². The zero-order valence-electron chi connectivity index (χ0n) is 15.2. The van der Waals surface area contributed by atoms with Crippen molar-refractivity contribution in [2.45, 2.75) is 19.6 Å². The molecule has 0 aliphatic heterocycles. The van der Waals surface area contributed by atoms with Crippen molar-refractivity contribution in [3.05, 3.63) is 87.3 Å². The normalized spacial score (nSPS) is 11.3. The molecule has 3 rings (SSSR count). The van der Waals surface area contributed by atoms with Crippen LogP contribution in [0, 0.1) is 6.92 Å². The number of hydrogen-bond acceptors (Lipinski definition) is 4. The number of para-hydroxylation sites is 1. The molecule has 3 aromatic rings.